The molecule has 0 amide bonds. The van der Waals surface area contributed by atoms with Crippen LogP contribution in [0.2, 0.25) is 0 Å². The maximum absolute atomic E-state index is 5.73. The van der Waals surface area contributed by atoms with E-state index in [1.807, 2.05) is 18.4 Å². The van der Waals surface area contributed by atoms with Crippen LogP contribution in [0.3, 0.4) is 0 Å². The van der Waals surface area contributed by atoms with E-state index in [0.717, 1.165) is 12.2 Å². The fourth-order valence-corrected chi connectivity index (χ4v) is 2.16. The predicted octanol–water partition coefficient (Wildman–Crippen LogP) is 4.09. The molecule has 2 rings (SSSR count). The molecule has 0 bridgehead atoms. The van der Waals surface area contributed by atoms with Crippen molar-refractivity contribution in [1.29, 1.82) is 0 Å². The molecule has 106 valence electrons. The molecule has 1 aromatic carbocycles. The standard InChI is InChI=1S/C15H19N3OS/c1-4-10(2)11-5-7-12(8-6-11)19-14-9-13(16)17-15(18-14)20-3/h5-10H,4H2,1-3H3,(H2,16,17,18). The maximum atomic E-state index is 5.73. The molecule has 1 atom stereocenters. The second-order valence-corrected chi connectivity index (χ2v) is 5.37. The first kappa shape index (κ1) is 14.7. The zero-order chi connectivity index (χ0) is 14.5. The van der Waals surface area contributed by atoms with Crippen molar-refractivity contribution in [3.05, 3.63) is 35.9 Å². The fraction of sp³-hybridized carbons (Fsp3) is 0.333. The summed E-state index contributed by atoms with van der Waals surface area (Å²) in [5, 5.41) is 0.608. The molecule has 2 aromatic rings. The number of aromatic nitrogens is 2. The van der Waals surface area contributed by atoms with Gasteiger partial charge in [-0.1, -0.05) is 37.7 Å². The van der Waals surface area contributed by atoms with Crippen molar-refractivity contribution in [3.63, 3.8) is 0 Å². The highest BCUT2D eigenvalue weighted by molar-refractivity contribution is 7.98. The van der Waals surface area contributed by atoms with E-state index in [2.05, 4.69) is 35.9 Å². The molecule has 4 nitrogen and oxygen atoms in total. The van der Waals surface area contributed by atoms with Gasteiger partial charge in [0, 0.05) is 6.07 Å². The molecular formula is C15H19N3OS. The molecule has 0 aliphatic carbocycles. The number of benzene rings is 1. The van der Waals surface area contributed by atoms with Gasteiger partial charge in [-0.05, 0) is 36.3 Å². The lowest BCUT2D eigenvalue weighted by Gasteiger charge is -2.10. The average Bonchev–Trinajstić information content (AvgIpc) is 2.46. The van der Waals surface area contributed by atoms with Crippen molar-refractivity contribution >= 4 is 17.6 Å². The van der Waals surface area contributed by atoms with Crippen LogP contribution >= 0.6 is 11.8 Å². The van der Waals surface area contributed by atoms with E-state index in [9.17, 15) is 0 Å². The SMILES string of the molecule is CCC(C)c1ccc(Oc2cc(N)nc(SC)n2)cc1. The molecule has 0 saturated carbocycles. The molecule has 0 fully saturated rings. The van der Waals surface area contributed by atoms with Crippen LogP contribution in [0.1, 0.15) is 31.7 Å². The summed E-state index contributed by atoms with van der Waals surface area (Å²) in [6, 6.07) is 9.71. The summed E-state index contributed by atoms with van der Waals surface area (Å²) in [5.74, 6) is 2.19. The van der Waals surface area contributed by atoms with Crippen molar-refractivity contribution in [2.45, 2.75) is 31.3 Å². The van der Waals surface area contributed by atoms with E-state index in [0.29, 0.717) is 22.8 Å². The average molecular weight is 289 g/mol. The Morgan fingerprint density at radius 2 is 1.95 bits per heavy atom. The van der Waals surface area contributed by atoms with Crippen LogP contribution in [0.4, 0.5) is 5.82 Å². The maximum Gasteiger partial charge on any atom is 0.225 e. The van der Waals surface area contributed by atoms with Crippen molar-refractivity contribution in [3.8, 4) is 11.6 Å². The van der Waals surface area contributed by atoms with Crippen LogP contribution < -0.4 is 10.5 Å². The molecule has 20 heavy (non-hydrogen) atoms. The second-order valence-electron chi connectivity index (χ2n) is 4.60. The third kappa shape index (κ3) is 3.63. The van der Waals surface area contributed by atoms with Gasteiger partial charge >= 0.3 is 0 Å². The Balaban J connectivity index is 2.15. The van der Waals surface area contributed by atoms with E-state index in [4.69, 9.17) is 10.5 Å². The van der Waals surface area contributed by atoms with Gasteiger partial charge in [0.1, 0.15) is 11.6 Å². The Hall–Kier alpha value is -1.75. The number of nitrogen functional groups attached to an aromatic ring is 1. The highest BCUT2D eigenvalue weighted by Crippen LogP contribution is 2.26. The summed E-state index contributed by atoms with van der Waals surface area (Å²) >= 11 is 1.43. The highest BCUT2D eigenvalue weighted by atomic mass is 32.2. The topological polar surface area (TPSA) is 61.0 Å². The minimum absolute atomic E-state index is 0.413. The Morgan fingerprint density at radius 3 is 2.55 bits per heavy atom. The minimum Gasteiger partial charge on any atom is -0.439 e. The Labute approximate surface area is 123 Å². The number of rotatable bonds is 5. The van der Waals surface area contributed by atoms with Crippen molar-refractivity contribution < 1.29 is 4.74 Å². The summed E-state index contributed by atoms with van der Waals surface area (Å²) in [6.07, 6.45) is 3.03. The number of nitrogens with two attached hydrogens (primary N) is 1. The normalized spacial score (nSPS) is 12.2. The van der Waals surface area contributed by atoms with E-state index in [1.165, 1.54) is 17.3 Å². The Bertz CT molecular complexity index is 572. The molecule has 1 heterocycles. The number of nitrogens with zero attached hydrogens (tertiary/aromatic N) is 2. The van der Waals surface area contributed by atoms with E-state index < -0.39 is 0 Å². The molecule has 1 unspecified atom stereocenters. The third-order valence-corrected chi connectivity index (χ3v) is 3.72. The molecular weight excluding hydrogens is 270 g/mol. The predicted molar refractivity (Wildman–Crippen MR) is 83.4 cm³/mol. The summed E-state index contributed by atoms with van der Waals surface area (Å²) in [4.78, 5) is 8.36. The first-order valence-corrected chi connectivity index (χ1v) is 7.81. The molecule has 5 heteroatoms. The molecule has 0 saturated heterocycles. The van der Waals surface area contributed by atoms with Gasteiger partial charge in [0.2, 0.25) is 5.88 Å². The molecule has 0 aliphatic rings. The lowest BCUT2D eigenvalue weighted by molar-refractivity contribution is 0.456. The van der Waals surface area contributed by atoms with Crippen LogP contribution in [-0.2, 0) is 0 Å². The van der Waals surface area contributed by atoms with Gasteiger partial charge in [-0.2, -0.15) is 4.98 Å². The van der Waals surface area contributed by atoms with Crippen LogP contribution in [0, 0.1) is 0 Å². The second kappa shape index (κ2) is 6.61. The number of hydrogen-bond acceptors (Lipinski definition) is 5. The fourth-order valence-electron chi connectivity index (χ4n) is 1.79. The highest BCUT2D eigenvalue weighted by Gasteiger charge is 2.06. The zero-order valence-corrected chi connectivity index (χ0v) is 12.8. The smallest absolute Gasteiger partial charge is 0.225 e. The van der Waals surface area contributed by atoms with Gasteiger partial charge in [0.25, 0.3) is 0 Å². The number of thioether (sulfide) groups is 1. The van der Waals surface area contributed by atoms with Crippen LogP contribution in [0.5, 0.6) is 11.6 Å². The molecule has 0 aliphatic heterocycles. The van der Waals surface area contributed by atoms with Gasteiger partial charge < -0.3 is 10.5 Å². The van der Waals surface area contributed by atoms with Crippen molar-refractivity contribution in [2.75, 3.05) is 12.0 Å². The quantitative estimate of drug-likeness (QED) is 0.663. The van der Waals surface area contributed by atoms with E-state index >= 15 is 0 Å². The van der Waals surface area contributed by atoms with E-state index in [-0.39, 0.29) is 0 Å². The molecule has 2 N–H and O–H groups in total. The van der Waals surface area contributed by atoms with Crippen LogP contribution in [0.15, 0.2) is 35.5 Å². The van der Waals surface area contributed by atoms with Gasteiger partial charge in [-0.25, -0.2) is 4.98 Å². The summed E-state index contributed by atoms with van der Waals surface area (Å²) < 4.78 is 5.73. The van der Waals surface area contributed by atoms with E-state index in [1.54, 1.807) is 6.07 Å². The summed E-state index contributed by atoms with van der Waals surface area (Å²) in [7, 11) is 0. The zero-order valence-electron chi connectivity index (χ0n) is 12.0. The molecule has 1 aromatic heterocycles. The molecule has 0 radical (unpaired) electrons. The van der Waals surface area contributed by atoms with Crippen LogP contribution in [0.25, 0.3) is 0 Å². The number of anilines is 1. The van der Waals surface area contributed by atoms with Gasteiger partial charge in [-0.3, -0.25) is 0 Å². The monoisotopic (exact) mass is 289 g/mol. The van der Waals surface area contributed by atoms with Gasteiger partial charge in [0.05, 0.1) is 0 Å². The minimum atomic E-state index is 0.413. The summed E-state index contributed by atoms with van der Waals surface area (Å²) in [6.45, 7) is 4.40. The molecule has 0 spiro atoms. The Kier molecular flexibility index (Phi) is 4.84. The summed E-state index contributed by atoms with van der Waals surface area (Å²) in [5.41, 5.74) is 7.04. The number of hydrogen-bond donors (Lipinski definition) is 1. The largest absolute Gasteiger partial charge is 0.439 e. The van der Waals surface area contributed by atoms with Crippen LogP contribution in [-0.4, -0.2) is 16.2 Å². The third-order valence-electron chi connectivity index (χ3n) is 3.17. The van der Waals surface area contributed by atoms with Crippen molar-refractivity contribution in [1.82, 2.24) is 9.97 Å². The number of ether oxygens (including phenoxy) is 1. The Morgan fingerprint density at radius 1 is 1.25 bits per heavy atom. The van der Waals surface area contributed by atoms with Gasteiger partial charge in [-0.15, -0.1) is 0 Å². The van der Waals surface area contributed by atoms with Crippen molar-refractivity contribution in [2.24, 2.45) is 0 Å². The lowest BCUT2D eigenvalue weighted by atomic mass is 9.99. The first-order valence-electron chi connectivity index (χ1n) is 6.58. The van der Waals surface area contributed by atoms with Gasteiger partial charge in [0.15, 0.2) is 5.16 Å². The first-order chi connectivity index (χ1) is 9.62. The lowest BCUT2D eigenvalue weighted by Crippen LogP contribution is -1.97.